The average molecular weight is 220 g/mol. The van der Waals surface area contributed by atoms with Crippen molar-refractivity contribution in [3.8, 4) is 0 Å². The van der Waals surface area contributed by atoms with Gasteiger partial charge in [0.2, 0.25) is 0 Å². The third-order valence-electron chi connectivity index (χ3n) is 3.31. The Labute approximate surface area is 97.1 Å². The zero-order valence-electron chi connectivity index (χ0n) is 10.3. The topological polar surface area (TPSA) is 41.0 Å². The number of hydrogen-bond donors (Lipinski definition) is 1. The van der Waals surface area contributed by atoms with Crippen molar-refractivity contribution in [2.24, 2.45) is 0 Å². The van der Waals surface area contributed by atoms with Gasteiger partial charge in [-0.1, -0.05) is 12.8 Å². The fourth-order valence-electron chi connectivity index (χ4n) is 2.34. The van der Waals surface area contributed by atoms with Gasteiger partial charge in [0.15, 0.2) is 0 Å². The minimum Gasteiger partial charge on any atom is -0.373 e. The van der Waals surface area contributed by atoms with E-state index in [2.05, 4.69) is 27.2 Å². The molecule has 1 saturated carbocycles. The first kappa shape index (κ1) is 11.2. The number of anilines is 2. The largest absolute Gasteiger partial charge is 0.373 e. The molecule has 2 rings (SSSR count). The highest BCUT2D eigenvalue weighted by atomic mass is 15.2. The van der Waals surface area contributed by atoms with Crippen LogP contribution in [-0.2, 0) is 0 Å². The van der Waals surface area contributed by atoms with Crippen LogP contribution in [0.2, 0.25) is 0 Å². The monoisotopic (exact) mass is 220 g/mol. The van der Waals surface area contributed by atoms with Gasteiger partial charge in [-0.15, -0.1) is 0 Å². The van der Waals surface area contributed by atoms with Crippen LogP contribution >= 0.6 is 0 Å². The Bertz CT molecular complexity index is 358. The molecule has 16 heavy (non-hydrogen) atoms. The van der Waals surface area contributed by atoms with E-state index in [9.17, 15) is 0 Å². The lowest BCUT2D eigenvalue weighted by Crippen LogP contribution is -2.29. The maximum absolute atomic E-state index is 4.50. The minimum atomic E-state index is 0.652. The Kier molecular flexibility index (Phi) is 3.27. The summed E-state index contributed by atoms with van der Waals surface area (Å²) >= 11 is 0. The molecule has 0 aromatic carbocycles. The number of nitrogens with one attached hydrogen (secondary N) is 1. The second-order valence-electron chi connectivity index (χ2n) is 4.46. The SMILES string of the molecule is CNc1cc(N(C)C2CCCC2)nc(C)n1. The Balaban J connectivity index is 2.21. The van der Waals surface area contributed by atoms with Gasteiger partial charge in [-0.25, -0.2) is 9.97 Å². The lowest BCUT2D eigenvalue weighted by atomic mass is 10.2. The van der Waals surface area contributed by atoms with E-state index >= 15 is 0 Å². The van der Waals surface area contributed by atoms with Crippen LogP contribution in [0, 0.1) is 6.92 Å². The molecule has 0 unspecified atom stereocenters. The first-order valence-electron chi connectivity index (χ1n) is 5.97. The molecule has 0 amide bonds. The molecule has 1 N–H and O–H groups in total. The average Bonchev–Trinajstić information content (AvgIpc) is 2.80. The zero-order valence-corrected chi connectivity index (χ0v) is 10.3. The predicted molar refractivity (Wildman–Crippen MR) is 67.0 cm³/mol. The van der Waals surface area contributed by atoms with Gasteiger partial charge < -0.3 is 10.2 Å². The van der Waals surface area contributed by atoms with Crippen molar-refractivity contribution in [2.75, 3.05) is 24.3 Å². The number of aromatic nitrogens is 2. The predicted octanol–water partition coefficient (Wildman–Crippen LogP) is 2.21. The lowest BCUT2D eigenvalue weighted by Gasteiger charge is -2.25. The molecular weight excluding hydrogens is 200 g/mol. The molecule has 0 atom stereocenters. The molecule has 0 radical (unpaired) electrons. The van der Waals surface area contributed by atoms with Crippen molar-refractivity contribution in [2.45, 2.75) is 38.6 Å². The summed E-state index contributed by atoms with van der Waals surface area (Å²) in [6.45, 7) is 1.94. The van der Waals surface area contributed by atoms with Crippen LogP contribution in [0.15, 0.2) is 6.07 Å². The maximum atomic E-state index is 4.50. The van der Waals surface area contributed by atoms with E-state index in [1.54, 1.807) is 0 Å². The molecule has 1 aliphatic rings. The van der Waals surface area contributed by atoms with E-state index in [1.807, 2.05) is 20.0 Å². The third-order valence-corrected chi connectivity index (χ3v) is 3.31. The standard InChI is InChI=1S/C12H20N4/c1-9-14-11(13-2)8-12(15-9)16(3)10-6-4-5-7-10/h8,10H,4-7H2,1-3H3,(H,13,14,15). The van der Waals surface area contributed by atoms with E-state index < -0.39 is 0 Å². The number of rotatable bonds is 3. The van der Waals surface area contributed by atoms with Crippen LogP contribution in [0.4, 0.5) is 11.6 Å². The molecule has 1 aromatic rings. The van der Waals surface area contributed by atoms with Gasteiger partial charge in [0.05, 0.1) is 0 Å². The Morgan fingerprint density at radius 2 is 2.00 bits per heavy atom. The van der Waals surface area contributed by atoms with E-state index in [0.29, 0.717) is 6.04 Å². The van der Waals surface area contributed by atoms with Gasteiger partial charge in [0.25, 0.3) is 0 Å². The normalized spacial score (nSPS) is 16.4. The Morgan fingerprint density at radius 3 is 2.62 bits per heavy atom. The summed E-state index contributed by atoms with van der Waals surface area (Å²) in [5.74, 6) is 2.75. The van der Waals surface area contributed by atoms with Crippen LogP contribution in [0.5, 0.6) is 0 Å². The highest BCUT2D eigenvalue weighted by Gasteiger charge is 2.21. The molecular formula is C12H20N4. The minimum absolute atomic E-state index is 0.652. The molecule has 0 spiro atoms. The molecule has 1 aliphatic carbocycles. The van der Waals surface area contributed by atoms with Gasteiger partial charge in [0, 0.05) is 26.2 Å². The van der Waals surface area contributed by atoms with E-state index in [-0.39, 0.29) is 0 Å². The third kappa shape index (κ3) is 2.26. The molecule has 1 fully saturated rings. The first-order chi connectivity index (χ1) is 7.70. The van der Waals surface area contributed by atoms with Crippen LogP contribution in [0.3, 0.4) is 0 Å². The highest BCUT2D eigenvalue weighted by molar-refractivity contribution is 5.49. The van der Waals surface area contributed by atoms with Crippen LogP contribution in [0.1, 0.15) is 31.5 Å². The lowest BCUT2D eigenvalue weighted by molar-refractivity contribution is 0.645. The number of aryl methyl sites for hydroxylation is 1. The second kappa shape index (κ2) is 4.68. The smallest absolute Gasteiger partial charge is 0.134 e. The fraction of sp³-hybridized carbons (Fsp3) is 0.667. The van der Waals surface area contributed by atoms with Crippen molar-refractivity contribution >= 4 is 11.6 Å². The summed E-state index contributed by atoms with van der Waals surface area (Å²) in [6.07, 6.45) is 5.26. The zero-order chi connectivity index (χ0) is 11.5. The number of hydrogen-bond acceptors (Lipinski definition) is 4. The maximum Gasteiger partial charge on any atom is 0.134 e. The molecule has 88 valence electrons. The second-order valence-corrected chi connectivity index (χ2v) is 4.46. The molecule has 0 bridgehead atoms. The van der Waals surface area contributed by atoms with Crippen LogP contribution in [-0.4, -0.2) is 30.1 Å². The van der Waals surface area contributed by atoms with Gasteiger partial charge in [0.1, 0.15) is 17.5 Å². The summed E-state index contributed by atoms with van der Waals surface area (Å²) in [7, 11) is 4.03. The molecule has 1 aromatic heterocycles. The van der Waals surface area contributed by atoms with Gasteiger partial charge in [-0.2, -0.15) is 0 Å². The van der Waals surface area contributed by atoms with E-state index in [1.165, 1.54) is 25.7 Å². The summed E-state index contributed by atoms with van der Waals surface area (Å²) in [5.41, 5.74) is 0. The quantitative estimate of drug-likeness (QED) is 0.848. The Morgan fingerprint density at radius 1 is 1.31 bits per heavy atom. The van der Waals surface area contributed by atoms with Gasteiger partial charge >= 0.3 is 0 Å². The molecule has 4 heteroatoms. The van der Waals surface area contributed by atoms with Crippen LogP contribution in [0.25, 0.3) is 0 Å². The summed E-state index contributed by atoms with van der Waals surface area (Å²) in [5, 5.41) is 3.08. The van der Waals surface area contributed by atoms with E-state index in [0.717, 1.165) is 17.5 Å². The first-order valence-corrected chi connectivity index (χ1v) is 5.97. The van der Waals surface area contributed by atoms with E-state index in [4.69, 9.17) is 0 Å². The summed E-state index contributed by atoms with van der Waals surface area (Å²) in [4.78, 5) is 11.1. The van der Waals surface area contributed by atoms with Crippen molar-refractivity contribution in [3.63, 3.8) is 0 Å². The summed E-state index contributed by atoms with van der Waals surface area (Å²) < 4.78 is 0. The van der Waals surface area contributed by atoms with Crippen molar-refractivity contribution in [1.29, 1.82) is 0 Å². The van der Waals surface area contributed by atoms with Crippen molar-refractivity contribution < 1.29 is 0 Å². The van der Waals surface area contributed by atoms with Crippen molar-refractivity contribution in [3.05, 3.63) is 11.9 Å². The molecule has 4 nitrogen and oxygen atoms in total. The Hall–Kier alpha value is -1.32. The molecule has 1 heterocycles. The summed E-state index contributed by atoms with van der Waals surface area (Å²) in [6, 6.07) is 2.67. The van der Waals surface area contributed by atoms with Gasteiger partial charge in [-0.3, -0.25) is 0 Å². The van der Waals surface area contributed by atoms with Gasteiger partial charge in [-0.05, 0) is 19.8 Å². The van der Waals surface area contributed by atoms with Crippen LogP contribution < -0.4 is 10.2 Å². The molecule has 0 saturated heterocycles. The molecule has 0 aliphatic heterocycles. The highest BCUT2D eigenvalue weighted by Crippen LogP contribution is 2.26. The fourth-order valence-corrected chi connectivity index (χ4v) is 2.34. The van der Waals surface area contributed by atoms with Crippen molar-refractivity contribution in [1.82, 2.24) is 9.97 Å². The number of nitrogens with zero attached hydrogens (tertiary/aromatic N) is 3.